The average Bonchev–Trinajstić information content (AvgIpc) is 2.28. The van der Waals surface area contributed by atoms with Crippen molar-refractivity contribution in [2.45, 2.75) is 19.4 Å². The molecule has 0 unspecified atom stereocenters. The molecule has 1 heterocycles. The number of fused-ring (bicyclic) bond motifs is 1. The van der Waals surface area contributed by atoms with E-state index >= 15 is 0 Å². The van der Waals surface area contributed by atoms with Crippen molar-refractivity contribution in [3.63, 3.8) is 0 Å². The highest BCUT2D eigenvalue weighted by molar-refractivity contribution is 6.07. The van der Waals surface area contributed by atoms with Gasteiger partial charge in [0.05, 0.1) is 5.56 Å². The Labute approximate surface area is 76.0 Å². The molecule has 3 heteroatoms. The number of carbonyl (C=O) groups is 1. The maximum Gasteiger partial charge on any atom is 0.209 e. The molecular weight excluding hydrogens is 168 g/mol. The molecule has 1 aliphatic heterocycles. The quantitative estimate of drug-likeness (QED) is 0.658. The van der Waals surface area contributed by atoms with Crippen LogP contribution >= 0.6 is 0 Å². The second-order valence-corrected chi connectivity index (χ2v) is 3.60. The van der Waals surface area contributed by atoms with E-state index in [1.54, 1.807) is 26.0 Å². The normalized spacial score (nSPS) is 18.2. The zero-order valence-electron chi connectivity index (χ0n) is 7.50. The van der Waals surface area contributed by atoms with Crippen LogP contribution < -0.4 is 4.74 Å². The van der Waals surface area contributed by atoms with Crippen molar-refractivity contribution in [3.8, 4) is 11.5 Å². The lowest BCUT2D eigenvalue weighted by atomic mass is 10.00. The molecule has 1 aromatic rings. The van der Waals surface area contributed by atoms with Gasteiger partial charge in [-0.3, -0.25) is 4.79 Å². The van der Waals surface area contributed by atoms with Gasteiger partial charge in [0.2, 0.25) is 5.78 Å². The fourth-order valence-electron chi connectivity index (χ4n) is 1.44. The third kappa shape index (κ3) is 1.00. The molecule has 0 aromatic heterocycles. The van der Waals surface area contributed by atoms with Gasteiger partial charge in [-0.05, 0) is 26.0 Å². The Morgan fingerprint density at radius 2 is 2.08 bits per heavy atom. The molecule has 0 atom stereocenters. The van der Waals surface area contributed by atoms with Crippen LogP contribution in [0.2, 0.25) is 0 Å². The summed E-state index contributed by atoms with van der Waals surface area (Å²) in [5, 5.41) is 9.40. The highest BCUT2D eigenvalue weighted by atomic mass is 16.5. The third-order valence-corrected chi connectivity index (χ3v) is 2.14. The molecule has 0 amide bonds. The van der Waals surface area contributed by atoms with Gasteiger partial charge in [-0.2, -0.15) is 0 Å². The number of para-hydroxylation sites is 1. The molecule has 0 radical (unpaired) electrons. The number of phenolic OH excluding ortho intramolecular Hbond substituents is 1. The van der Waals surface area contributed by atoms with Gasteiger partial charge in [0.15, 0.2) is 17.1 Å². The van der Waals surface area contributed by atoms with E-state index in [9.17, 15) is 9.90 Å². The van der Waals surface area contributed by atoms with Crippen molar-refractivity contribution >= 4 is 5.78 Å². The molecule has 0 saturated heterocycles. The molecule has 0 fully saturated rings. The summed E-state index contributed by atoms with van der Waals surface area (Å²) in [6, 6.07) is 4.80. The Hall–Kier alpha value is -1.51. The second kappa shape index (κ2) is 2.25. The molecule has 13 heavy (non-hydrogen) atoms. The first-order chi connectivity index (χ1) is 6.02. The summed E-state index contributed by atoms with van der Waals surface area (Å²) in [5.74, 6) is 0.243. The van der Waals surface area contributed by atoms with Crippen molar-refractivity contribution in [1.82, 2.24) is 0 Å². The topological polar surface area (TPSA) is 46.5 Å². The molecule has 1 aliphatic rings. The van der Waals surface area contributed by atoms with E-state index < -0.39 is 5.60 Å². The van der Waals surface area contributed by atoms with E-state index in [4.69, 9.17) is 4.74 Å². The molecular formula is C10H10O3. The van der Waals surface area contributed by atoms with Crippen LogP contribution in [-0.4, -0.2) is 16.5 Å². The number of Topliss-reactive ketones (excluding diaryl/α,β-unsaturated/α-hetero) is 1. The smallest absolute Gasteiger partial charge is 0.209 e. The summed E-state index contributed by atoms with van der Waals surface area (Å²) >= 11 is 0. The number of ether oxygens (including phenoxy) is 1. The van der Waals surface area contributed by atoms with Gasteiger partial charge < -0.3 is 9.84 Å². The summed E-state index contributed by atoms with van der Waals surface area (Å²) < 4.78 is 5.34. The van der Waals surface area contributed by atoms with E-state index in [1.807, 2.05) is 0 Å². The first-order valence-corrected chi connectivity index (χ1v) is 4.08. The fraction of sp³-hybridized carbons (Fsp3) is 0.300. The molecule has 1 N–H and O–H groups in total. The summed E-state index contributed by atoms with van der Waals surface area (Å²) in [6.07, 6.45) is 0. The Kier molecular flexibility index (Phi) is 1.40. The van der Waals surface area contributed by atoms with Crippen molar-refractivity contribution in [1.29, 1.82) is 0 Å². The van der Waals surface area contributed by atoms with Gasteiger partial charge >= 0.3 is 0 Å². The number of rotatable bonds is 0. The van der Waals surface area contributed by atoms with Crippen molar-refractivity contribution in [3.05, 3.63) is 23.8 Å². The maximum absolute atomic E-state index is 11.6. The lowest BCUT2D eigenvalue weighted by molar-refractivity contribution is 0.0679. The van der Waals surface area contributed by atoms with Gasteiger partial charge in [0.25, 0.3) is 0 Å². The van der Waals surface area contributed by atoms with Gasteiger partial charge in [-0.1, -0.05) is 6.07 Å². The first kappa shape index (κ1) is 8.10. The molecule has 0 spiro atoms. The SMILES string of the molecule is CC1(C)Oc2c(O)cccc2C1=O. The van der Waals surface area contributed by atoms with Crippen LogP contribution in [0.5, 0.6) is 11.5 Å². The van der Waals surface area contributed by atoms with Crippen LogP contribution in [0, 0.1) is 0 Å². The second-order valence-electron chi connectivity index (χ2n) is 3.60. The molecule has 0 bridgehead atoms. The number of benzene rings is 1. The maximum atomic E-state index is 11.6. The minimum Gasteiger partial charge on any atom is -0.504 e. The summed E-state index contributed by atoms with van der Waals surface area (Å²) in [4.78, 5) is 11.6. The van der Waals surface area contributed by atoms with Gasteiger partial charge in [-0.15, -0.1) is 0 Å². The zero-order chi connectivity index (χ0) is 9.64. The number of phenols is 1. The Morgan fingerprint density at radius 1 is 1.38 bits per heavy atom. The number of aromatic hydroxyl groups is 1. The van der Waals surface area contributed by atoms with Crippen LogP contribution in [0.3, 0.4) is 0 Å². The first-order valence-electron chi connectivity index (χ1n) is 4.08. The molecule has 2 rings (SSSR count). The van der Waals surface area contributed by atoms with E-state index in [2.05, 4.69) is 0 Å². The van der Waals surface area contributed by atoms with Crippen LogP contribution in [0.25, 0.3) is 0 Å². The standard InChI is InChI=1S/C10H10O3/c1-10(2)9(12)6-4-3-5-7(11)8(6)13-10/h3-5,11H,1-2H3. The summed E-state index contributed by atoms with van der Waals surface area (Å²) in [7, 11) is 0. The molecule has 1 aromatic carbocycles. The minimum atomic E-state index is -0.846. The highest BCUT2D eigenvalue weighted by Crippen LogP contribution is 2.40. The predicted octanol–water partition coefficient (Wildman–Crippen LogP) is 1.75. The van der Waals surface area contributed by atoms with Crippen LogP contribution in [0.15, 0.2) is 18.2 Å². The average molecular weight is 178 g/mol. The minimum absolute atomic E-state index is 0.0245. The van der Waals surface area contributed by atoms with Crippen molar-refractivity contribution < 1.29 is 14.6 Å². The van der Waals surface area contributed by atoms with Crippen molar-refractivity contribution in [2.24, 2.45) is 0 Å². The molecule has 3 nitrogen and oxygen atoms in total. The van der Waals surface area contributed by atoms with Crippen LogP contribution in [-0.2, 0) is 0 Å². The van der Waals surface area contributed by atoms with Crippen LogP contribution in [0.1, 0.15) is 24.2 Å². The van der Waals surface area contributed by atoms with Gasteiger partial charge in [-0.25, -0.2) is 0 Å². The largest absolute Gasteiger partial charge is 0.504 e. The van der Waals surface area contributed by atoms with Crippen LogP contribution in [0.4, 0.5) is 0 Å². The lowest BCUT2D eigenvalue weighted by Crippen LogP contribution is -2.31. The van der Waals surface area contributed by atoms with E-state index in [-0.39, 0.29) is 11.5 Å². The number of hydrogen-bond acceptors (Lipinski definition) is 3. The van der Waals surface area contributed by atoms with Gasteiger partial charge in [0, 0.05) is 0 Å². The molecule has 0 aliphatic carbocycles. The third-order valence-electron chi connectivity index (χ3n) is 2.14. The summed E-state index contributed by atoms with van der Waals surface area (Å²) in [6.45, 7) is 3.38. The Morgan fingerprint density at radius 3 is 2.69 bits per heavy atom. The van der Waals surface area contributed by atoms with E-state index in [0.717, 1.165) is 0 Å². The monoisotopic (exact) mass is 178 g/mol. The number of hydrogen-bond donors (Lipinski definition) is 1. The highest BCUT2D eigenvalue weighted by Gasteiger charge is 2.40. The Bertz CT molecular complexity index is 380. The fourth-order valence-corrected chi connectivity index (χ4v) is 1.44. The number of ketones is 1. The number of carbonyl (C=O) groups excluding carboxylic acids is 1. The zero-order valence-corrected chi connectivity index (χ0v) is 7.50. The predicted molar refractivity (Wildman–Crippen MR) is 47.1 cm³/mol. The van der Waals surface area contributed by atoms with E-state index in [0.29, 0.717) is 11.3 Å². The van der Waals surface area contributed by atoms with Crippen molar-refractivity contribution in [2.75, 3.05) is 0 Å². The van der Waals surface area contributed by atoms with E-state index in [1.165, 1.54) is 6.07 Å². The molecule has 0 saturated carbocycles. The lowest BCUT2D eigenvalue weighted by Gasteiger charge is -2.15. The van der Waals surface area contributed by atoms with Gasteiger partial charge in [0.1, 0.15) is 0 Å². The molecule has 68 valence electrons. The Balaban J connectivity index is 2.63. The summed E-state index contributed by atoms with van der Waals surface area (Å²) in [5.41, 5.74) is -0.383.